The van der Waals surface area contributed by atoms with Crippen LogP contribution in [-0.2, 0) is 20.9 Å². The molecule has 1 aliphatic carbocycles. The number of halogens is 1. The molecule has 162 valence electrons. The van der Waals surface area contributed by atoms with Gasteiger partial charge < -0.3 is 14.8 Å². The Kier molecular flexibility index (Phi) is 6.34. The molecule has 0 amide bonds. The van der Waals surface area contributed by atoms with Crippen molar-refractivity contribution in [3.63, 3.8) is 0 Å². The average molecular weight is 502 g/mol. The first-order valence-electron chi connectivity index (χ1n) is 10.2. The van der Waals surface area contributed by atoms with Crippen LogP contribution < -0.4 is 10.1 Å². The van der Waals surface area contributed by atoms with E-state index in [1.54, 1.807) is 11.3 Å². The molecule has 1 aromatic carbocycles. The number of hydrogen-bond acceptors (Lipinski definition) is 6. The normalized spacial score (nSPS) is 20.6. The molecule has 0 saturated heterocycles. The fraction of sp³-hybridized carbons (Fsp3) is 0.333. The van der Waals surface area contributed by atoms with Gasteiger partial charge >= 0.3 is 5.97 Å². The van der Waals surface area contributed by atoms with Gasteiger partial charge in [-0.3, -0.25) is 4.79 Å². The highest BCUT2D eigenvalue weighted by molar-refractivity contribution is 9.10. The summed E-state index contributed by atoms with van der Waals surface area (Å²) in [6.45, 7) is 4.34. The molecule has 4 rings (SSSR count). The number of hydrogen-bond donors (Lipinski definition) is 1. The number of nitrogens with one attached hydrogen (secondary N) is 1. The Bertz CT molecular complexity index is 1080. The second-order valence-corrected chi connectivity index (χ2v) is 9.95. The van der Waals surface area contributed by atoms with Crippen molar-refractivity contribution in [2.45, 2.75) is 39.2 Å². The van der Waals surface area contributed by atoms with Crippen molar-refractivity contribution in [1.29, 1.82) is 0 Å². The molecule has 31 heavy (non-hydrogen) atoms. The zero-order valence-electron chi connectivity index (χ0n) is 17.7. The number of rotatable bonds is 5. The minimum absolute atomic E-state index is 0.155. The van der Waals surface area contributed by atoms with Crippen LogP contribution in [0.1, 0.15) is 41.0 Å². The molecular formula is C24H24BrNO4S. The van der Waals surface area contributed by atoms with Gasteiger partial charge in [-0.25, -0.2) is 4.79 Å². The zero-order valence-corrected chi connectivity index (χ0v) is 20.1. The van der Waals surface area contributed by atoms with Crippen LogP contribution >= 0.6 is 27.3 Å². The first-order chi connectivity index (χ1) is 14.9. The Morgan fingerprint density at radius 1 is 1.23 bits per heavy atom. The Morgan fingerprint density at radius 3 is 2.68 bits per heavy atom. The molecule has 1 aliphatic heterocycles. The number of carbonyl (C=O) groups is 2. The van der Waals surface area contributed by atoms with Gasteiger partial charge in [0, 0.05) is 43.5 Å². The van der Waals surface area contributed by atoms with Crippen LogP contribution in [0.3, 0.4) is 0 Å². The number of fused-ring (bicyclic) bond motifs is 1. The average Bonchev–Trinajstić information content (AvgIpc) is 3.12. The van der Waals surface area contributed by atoms with Gasteiger partial charge in [0.1, 0.15) is 18.1 Å². The highest BCUT2D eigenvalue weighted by Gasteiger charge is 2.44. The SMILES string of the molecule is COC(=O)C1=C(C)NC2=CCCC(=O)C2C1c1cc(COc2ccc(Br)cc2)c(C)s1. The van der Waals surface area contributed by atoms with Crippen LogP contribution in [0.2, 0.25) is 0 Å². The van der Waals surface area contributed by atoms with Crippen molar-refractivity contribution in [3.8, 4) is 5.75 Å². The number of allylic oxidation sites excluding steroid dienone is 3. The van der Waals surface area contributed by atoms with Crippen molar-refractivity contribution in [2.24, 2.45) is 5.92 Å². The van der Waals surface area contributed by atoms with Crippen LogP contribution in [-0.4, -0.2) is 18.9 Å². The molecule has 0 radical (unpaired) electrons. The summed E-state index contributed by atoms with van der Waals surface area (Å²) >= 11 is 5.04. The molecule has 1 aromatic heterocycles. The molecule has 0 saturated carbocycles. The highest BCUT2D eigenvalue weighted by Crippen LogP contribution is 2.46. The standard InChI is InChI=1S/C24H24BrNO4S/c1-13-21(24(28)29-3)23(22-18(26-13)5-4-6-19(22)27)20-11-15(14(2)31-20)12-30-17-9-7-16(25)8-10-17/h5,7-11,22-23,26H,4,6,12H2,1-3H3. The first kappa shape index (κ1) is 21.8. The molecule has 2 aromatic rings. The van der Waals surface area contributed by atoms with Crippen LogP contribution in [0, 0.1) is 12.8 Å². The van der Waals surface area contributed by atoms with E-state index in [4.69, 9.17) is 9.47 Å². The summed E-state index contributed by atoms with van der Waals surface area (Å²) in [5.74, 6) is -0.188. The number of Topliss-reactive ketones (excluding diaryl/α,β-unsaturated/α-hetero) is 1. The van der Waals surface area contributed by atoms with Crippen LogP contribution in [0.15, 0.2) is 57.8 Å². The maximum absolute atomic E-state index is 12.9. The minimum atomic E-state index is -0.397. The summed E-state index contributed by atoms with van der Waals surface area (Å²) < 4.78 is 12.1. The molecule has 7 heteroatoms. The number of ether oxygens (including phenoxy) is 2. The smallest absolute Gasteiger partial charge is 0.336 e. The number of ketones is 1. The molecule has 2 heterocycles. The number of benzene rings is 1. The molecule has 0 fully saturated rings. The van der Waals surface area contributed by atoms with Gasteiger partial charge in [-0.1, -0.05) is 22.0 Å². The van der Waals surface area contributed by atoms with Gasteiger partial charge in [0.25, 0.3) is 0 Å². The Morgan fingerprint density at radius 2 is 1.97 bits per heavy atom. The second kappa shape index (κ2) is 9.01. The minimum Gasteiger partial charge on any atom is -0.489 e. The van der Waals surface area contributed by atoms with Gasteiger partial charge in [0.05, 0.1) is 18.6 Å². The maximum atomic E-state index is 12.9. The van der Waals surface area contributed by atoms with E-state index in [9.17, 15) is 9.59 Å². The summed E-state index contributed by atoms with van der Waals surface area (Å²) in [6, 6.07) is 9.78. The van der Waals surface area contributed by atoms with Crippen LogP contribution in [0.5, 0.6) is 5.75 Å². The fourth-order valence-corrected chi connectivity index (χ4v) is 5.68. The second-order valence-electron chi connectivity index (χ2n) is 7.75. The van der Waals surface area contributed by atoms with Gasteiger partial charge in [0.2, 0.25) is 0 Å². The lowest BCUT2D eigenvalue weighted by Gasteiger charge is -2.37. The molecule has 2 unspecified atom stereocenters. The van der Waals surface area contributed by atoms with Gasteiger partial charge in [0.15, 0.2) is 0 Å². The van der Waals surface area contributed by atoms with E-state index in [2.05, 4.69) is 33.4 Å². The predicted octanol–water partition coefficient (Wildman–Crippen LogP) is 5.39. The number of aryl methyl sites for hydroxylation is 1. The third-order valence-electron chi connectivity index (χ3n) is 5.78. The zero-order chi connectivity index (χ0) is 22.1. The van der Waals surface area contributed by atoms with Crippen molar-refractivity contribution < 1.29 is 19.1 Å². The van der Waals surface area contributed by atoms with Crippen molar-refractivity contribution >= 4 is 39.0 Å². The lowest BCUT2D eigenvalue weighted by molar-refractivity contribution is -0.136. The molecule has 5 nitrogen and oxygen atoms in total. The number of thiophene rings is 1. The lowest BCUT2D eigenvalue weighted by Crippen LogP contribution is -2.40. The van der Waals surface area contributed by atoms with Crippen LogP contribution in [0.4, 0.5) is 0 Å². The summed E-state index contributed by atoms with van der Waals surface area (Å²) in [5.41, 5.74) is 3.22. The third kappa shape index (κ3) is 4.34. The fourth-order valence-electron chi connectivity index (χ4n) is 4.23. The molecule has 0 spiro atoms. The number of esters is 1. The lowest BCUT2D eigenvalue weighted by atomic mass is 9.73. The first-order valence-corrected chi connectivity index (χ1v) is 11.8. The summed E-state index contributed by atoms with van der Waals surface area (Å²) in [6.07, 6.45) is 3.29. The summed E-state index contributed by atoms with van der Waals surface area (Å²) in [4.78, 5) is 27.7. The number of methoxy groups -OCH3 is 1. The Labute approximate surface area is 194 Å². The van der Waals surface area contributed by atoms with E-state index in [0.717, 1.165) is 43.4 Å². The monoisotopic (exact) mass is 501 g/mol. The van der Waals surface area contributed by atoms with E-state index in [0.29, 0.717) is 18.6 Å². The quantitative estimate of drug-likeness (QED) is 0.556. The Balaban J connectivity index is 1.69. The van der Waals surface area contributed by atoms with E-state index in [1.165, 1.54) is 7.11 Å². The highest BCUT2D eigenvalue weighted by atomic mass is 79.9. The van der Waals surface area contributed by atoms with E-state index in [1.807, 2.05) is 38.1 Å². The van der Waals surface area contributed by atoms with Crippen LogP contribution in [0.25, 0.3) is 0 Å². The van der Waals surface area contributed by atoms with E-state index >= 15 is 0 Å². The molecular weight excluding hydrogens is 478 g/mol. The maximum Gasteiger partial charge on any atom is 0.336 e. The molecule has 0 bridgehead atoms. The van der Waals surface area contributed by atoms with Gasteiger partial charge in [-0.15, -0.1) is 11.3 Å². The van der Waals surface area contributed by atoms with E-state index in [-0.39, 0.29) is 17.6 Å². The summed E-state index contributed by atoms with van der Waals surface area (Å²) in [7, 11) is 1.38. The molecule has 2 aliphatic rings. The van der Waals surface area contributed by atoms with Crippen molar-refractivity contribution in [3.05, 3.63) is 73.2 Å². The molecule has 2 atom stereocenters. The largest absolute Gasteiger partial charge is 0.489 e. The van der Waals surface area contributed by atoms with Gasteiger partial charge in [-0.05, 0) is 50.6 Å². The van der Waals surface area contributed by atoms with Crippen molar-refractivity contribution in [2.75, 3.05) is 7.11 Å². The third-order valence-corrected chi connectivity index (χ3v) is 7.48. The van der Waals surface area contributed by atoms with E-state index < -0.39 is 5.97 Å². The summed E-state index contributed by atoms with van der Waals surface area (Å²) in [5, 5.41) is 3.28. The van der Waals surface area contributed by atoms with Gasteiger partial charge in [-0.2, -0.15) is 0 Å². The Hall–Kier alpha value is -2.38. The number of carbonyl (C=O) groups excluding carboxylic acids is 2. The topological polar surface area (TPSA) is 64.6 Å². The predicted molar refractivity (Wildman–Crippen MR) is 124 cm³/mol. The van der Waals surface area contributed by atoms with Crippen molar-refractivity contribution in [1.82, 2.24) is 5.32 Å². The molecule has 1 N–H and O–H groups in total.